The predicted octanol–water partition coefficient (Wildman–Crippen LogP) is 5.10. The van der Waals surface area contributed by atoms with Crippen molar-refractivity contribution in [3.63, 3.8) is 0 Å². The zero-order chi connectivity index (χ0) is 27.0. The van der Waals surface area contributed by atoms with Gasteiger partial charge in [-0.05, 0) is 55.2 Å². The minimum absolute atomic E-state index is 0.241. The summed E-state index contributed by atoms with van der Waals surface area (Å²) in [6, 6.07) is 18.6. The Morgan fingerprint density at radius 3 is 2.38 bits per heavy atom. The molecule has 0 saturated heterocycles. The van der Waals surface area contributed by atoms with Crippen molar-refractivity contribution in [2.75, 3.05) is 11.6 Å². The fourth-order valence-electron chi connectivity index (χ4n) is 4.14. The quantitative estimate of drug-likeness (QED) is 0.288. The average Bonchev–Trinajstić information content (AvgIpc) is 3.68. The van der Waals surface area contributed by atoms with E-state index in [2.05, 4.69) is 25.3 Å². The Balaban J connectivity index is 1.29. The van der Waals surface area contributed by atoms with Crippen molar-refractivity contribution in [2.24, 2.45) is 0 Å². The molecule has 6 rings (SSSR count). The van der Waals surface area contributed by atoms with Crippen molar-refractivity contribution in [2.45, 2.75) is 36.8 Å². The lowest BCUT2D eigenvalue weighted by Gasteiger charge is -2.15. The maximum atomic E-state index is 12.1. The Morgan fingerprint density at radius 2 is 1.67 bits per heavy atom. The molecule has 196 valence electrons. The van der Waals surface area contributed by atoms with E-state index in [9.17, 15) is 8.42 Å². The number of pyridine rings is 1. The first-order chi connectivity index (χ1) is 18.8. The number of ether oxygens (including phenoxy) is 1. The maximum absolute atomic E-state index is 12.1. The molecule has 39 heavy (non-hydrogen) atoms. The number of nitrogens with zero attached hydrogens (tertiary/aromatic N) is 5. The first kappa shape index (κ1) is 24.9. The maximum Gasteiger partial charge on any atom is 0.246 e. The molecule has 3 aromatic heterocycles. The summed E-state index contributed by atoms with van der Waals surface area (Å²) >= 11 is 0. The van der Waals surface area contributed by atoms with Crippen LogP contribution in [0.1, 0.15) is 25.3 Å². The summed E-state index contributed by atoms with van der Waals surface area (Å²) in [7, 11) is -3.34. The fourth-order valence-corrected chi connectivity index (χ4v) is 4.81. The largest absolute Gasteiger partial charge is 0.470 e. The topological polar surface area (TPSA) is 120 Å². The highest BCUT2D eigenvalue weighted by atomic mass is 32.2. The second-order valence-corrected chi connectivity index (χ2v) is 12.0. The van der Waals surface area contributed by atoms with E-state index in [-0.39, 0.29) is 10.5 Å². The van der Waals surface area contributed by atoms with Gasteiger partial charge in [0, 0.05) is 36.3 Å². The minimum Gasteiger partial charge on any atom is -0.470 e. The van der Waals surface area contributed by atoms with Gasteiger partial charge < -0.3 is 10.1 Å². The van der Waals surface area contributed by atoms with Crippen molar-refractivity contribution >= 4 is 26.8 Å². The first-order valence-electron chi connectivity index (χ1n) is 12.5. The van der Waals surface area contributed by atoms with E-state index >= 15 is 0 Å². The molecule has 5 aromatic rings. The van der Waals surface area contributed by atoms with Crippen molar-refractivity contribution in [1.82, 2.24) is 24.9 Å². The van der Waals surface area contributed by atoms with E-state index in [0.29, 0.717) is 40.7 Å². The third-order valence-corrected chi connectivity index (χ3v) is 7.77. The predicted molar refractivity (Wildman–Crippen MR) is 149 cm³/mol. The van der Waals surface area contributed by atoms with Gasteiger partial charge in [-0.2, -0.15) is 4.98 Å². The fraction of sp³-hybridized carbons (Fsp3) is 0.207. The lowest BCUT2D eigenvalue weighted by molar-refractivity contribution is 0.194. The molecule has 9 nitrogen and oxygen atoms in total. The minimum atomic E-state index is -3.34. The molecule has 2 aromatic carbocycles. The number of fused-ring (bicyclic) bond motifs is 1. The molecule has 1 saturated carbocycles. The van der Waals surface area contributed by atoms with E-state index in [4.69, 9.17) is 9.72 Å². The van der Waals surface area contributed by atoms with Crippen LogP contribution in [0.2, 0.25) is 0 Å². The summed E-state index contributed by atoms with van der Waals surface area (Å²) in [4.78, 5) is 22.6. The molecule has 0 aliphatic heterocycles. The Hall–Kier alpha value is -4.44. The molecule has 1 aliphatic carbocycles. The number of rotatable bonds is 8. The molecule has 3 heterocycles. The lowest BCUT2D eigenvalue weighted by atomic mass is 10.1. The van der Waals surface area contributed by atoms with Gasteiger partial charge in [-0.3, -0.25) is 0 Å². The number of anilines is 1. The lowest BCUT2D eigenvalue weighted by Crippen LogP contribution is -2.15. The zero-order valence-corrected chi connectivity index (χ0v) is 22.3. The van der Waals surface area contributed by atoms with Crippen LogP contribution in [-0.2, 0) is 16.4 Å². The monoisotopic (exact) mass is 538 g/mol. The number of hydrogen-bond acceptors (Lipinski definition) is 9. The number of nitrogens with one attached hydrogen (secondary N) is 1. The Bertz CT molecular complexity index is 1770. The van der Waals surface area contributed by atoms with Gasteiger partial charge in [0.25, 0.3) is 0 Å². The molecule has 0 atom stereocenters. The molecule has 0 bridgehead atoms. The van der Waals surface area contributed by atoms with E-state index in [0.717, 1.165) is 29.5 Å². The standard InChI is InChI=1S/C29H26N6O3S/c1-29(12-13-29)38-27-26-25(11-10-24(33-26)21-4-3-5-23(14-21)39(2,36)37)34-28(35-27)32-15-19-6-8-20(9-7-19)22-16-30-18-31-17-22/h3-11,14,16-18H,12-13,15H2,1-2H3,(H,32,34,35). The van der Waals surface area contributed by atoms with E-state index in [1.165, 1.54) is 12.6 Å². The third-order valence-electron chi connectivity index (χ3n) is 6.66. The second kappa shape index (κ2) is 9.70. The highest BCUT2D eigenvalue weighted by molar-refractivity contribution is 7.90. The highest BCUT2D eigenvalue weighted by Crippen LogP contribution is 2.41. The van der Waals surface area contributed by atoms with Crippen molar-refractivity contribution in [3.05, 3.63) is 84.9 Å². The molecule has 1 aliphatic rings. The highest BCUT2D eigenvalue weighted by Gasteiger charge is 2.41. The van der Waals surface area contributed by atoms with Gasteiger partial charge in [0.1, 0.15) is 11.9 Å². The van der Waals surface area contributed by atoms with E-state index in [1.807, 2.05) is 49.4 Å². The first-order valence-corrected chi connectivity index (χ1v) is 14.4. The average molecular weight is 539 g/mol. The van der Waals surface area contributed by atoms with Gasteiger partial charge in [-0.25, -0.2) is 28.4 Å². The molecule has 1 fully saturated rings. The third kappa shape index (κ3) is 5.56. The summed E-state index contributed by atoms with van der Waals surface area (Å²) in [6.07, 6.45) is 8.16. The van der Waals surface area contributed by atoms with E-state index < -0.39 is 9.84 Å². The van der Waals surface area contributed by atoms with Crippen LogP contribution in [0.4, 0.5) is 5.95 Å². The van der Waals surface area contributed by atoms with Gasteiger partial charge >= 0.3 is 0 Å². The van der Waals surface area contributed by atoms with Crippen LogP contribution < -0.4 is 10.1 Å². The summed E-state index contributed by atoms with van der Waals surface area (Å²) in [5, 5.41) is 3.31. The summed E-state index contributed by atoms with van der Waals surface area (Å²) in [5.41, 5.74) is 5.26. The molecule has 0 amide bonds. The molecule has 0 radical (unpaired) electrons. The van der Waals surface area contributed by atoms with Gasteiger partial charge in [-0.15, -0.1) is 0 Å². The van der Waals surface area contributed by atoms with Gasteiger partial charge in [0.2, 0.25) is 11.8 Å². The molecular weight excluding hydrogens is 512 g/mol. The normalized spacial score (nSPS) is 14.2. The van der Waals surface area contributed by atoms with Crippen molar-refractivity contribution < 1.29 is 13.2 Å². The number of benzene rings is 2. The van der Waals surface area contributed by atoms with Crippen LogP contribution in [0.25, 0.3) is 33.4 Å². The molecule has 0 spiro atoms. The summed E-state index contributed by atoms with van der Waals surface area (Å²) < 4.78 is 30.4. The number of hydrogen-bond donors (Lipinski definition) is 1. The van der Waals surface area contributed by atoms with Gasteiger partial charge in [0.05, 0.1) is 16.1 Å². The van der Waals surface area contributed by atoms with Crippen LogP contribution in [0, 0.1) is 0 Å². The van der Waals surface area contributed by atoms with E-state index in [1.54, 1.807) is 30.6 Å². The number of sulfone groups is 1. The molecule has 10 heteroatoms. The Kier molecular flexibility index (Phi) is 6.19. The SMILES string of the molecule is CC1(Oc2nc(NCc3ccc(-c4cncnc4)cc3)nc3ccc(-c4cccc(S(C)(=O)=O)c4)nc23)CC1. The number of aromatic nitrogens is 5. The van der Waals surface area contributed by atoms with Gasteiger partial charge in [0.15, 0.2) is 15.4 Å². The van der Waals surface area contributed by atoms with Crippen LogP contribution in [0.5, 0.6) is 5.88 Å². The van der Waals surface area contributed by atoms with Crippen LogP contribution in [0.15, 0.2) is 84.3 Å². The van der Waals surface area contributed by atoms with Crippen LogP contribution in [-0.4, -0.2) is 45.2 Å². The molecular formula is C29H26N6O3S. The molecule has 0 unspecified atom stereocenters. The second-order valence-electron chi connectivity index (χ2n) is 9.95. The van der Waals surface area contributed by atoms with Gasteiger partial charge in [-0.1, -0.05) is 36.4 Å². The summed E-state index contributed by atoms with van der Waals surface area (Å²) in [6.45, 7) is 2.57. The molecule has 1 N–H and O–H groups in total. The Morgan fingerprint density at radius 1 is 0.897 bits per heavy atom. The van der Waals surface area contributed by atoms with Crippen LogP contribution in [0.3, 0.4) is 0 Å². The zero-order valence-electron chi connectivity index (χ0n) is 21.5. The van der Waals surface area contributed by atoms with Crippen molar-refractivity contribution in [3.8, 4) is 28.3 Å². The smallest absolute Gasteiger partial charge is 0.246 e. The summed E-state index contributed by atoms with van der Waals surface area (Å²) in [5.74, 6) is 0.846. The Labute approximate surface area is 226 Å². The van der Waals surface area contributed by atoms with Crippen LogP contribution >= 0.6 is 0 Å². The van der Waals surface area contributed by atoms with Crippen molar-refractivity contribution in [1.29, 1.82) is 0 Å².